The molecule has 0 bridgehead atoms. The van der Waals surface area contributed by atoms with E-state index in [1.165, 1.54) is 0 Å². The predicted molar refractivity (Wildman–Crippen MR) is 68.5 cm³/mol. The van der Waals surface area contributed by atoms with E-state index >= 15 is 0 Å². The lowest BCUT2D eigenvalue weighted by atomic mass is 10.1. The van der Waals surface area contributed by atoms with Crippen LogP contribution in [0.2, 0.25) is 0 Å². The third-order valence-corrected chi connectivity index (χ3v) is 3.44. The highest BCUT2D eigenvalue weighted by atomic mass is 16.4. The van der Waals surface area contributed by atoms with E-state index in [0.717, 1.165) is 12.8 Å². The van der Waals surface area contributed by atoms with Gasteiger partial charge in [0, 0.05) is 25.0 Å². The summed E-state index contributed by atoms with van der Waals surface area (Å²) in [6, 6.07) is 1.58. The van der Waals surface area contributed by atoms with Crippen LogP contribution < -0.4 is 0 Å². The molecule has 1 aromatic rings. The largest absolute Gasteiger partial charge is 0.481 e. The Kier molecular flexibility index (Phi) is 3.87. The number of amides is 1. The summed E-state index contributed by atoms with van der Waals surface area (Å²) < 4.78 is 1.60. The summed E-state index contributed by atoms with van der Waals surface area (Å²) >= 11 is 0. The normalized spacial score (nSPS) is 17.8. The highest BCUT2D eigenvalue weighted by Gasteiger charge is 2.36. The average Bonchev–Trinajstić information content (AvgIpc) is 3.07. The molecule has 0 saturated heterocycles. The van der Waals surface area contributed by atoms with Crippen molar-refractivity contribution >= 4 is 11.9 Å². The minimum Gasteiger partial charge on any atom is -0.481 e. The van der Waals surface area contributed by atoms with Gasteiger partial charge in [0.1, 0.15) is 6.04 Å². The van der Waals surface area contributed by atoms with E-state index in [9.17, 15) is 9.59 Å². The summed E-state index contributed by atoms with van der Waals surface area (Å²) in [6.45, 7) is 3.68. The molecule has 2 atom stereocenters. The summed E-state index contributed by atoms with van der Waals surface area (Å²) in [6.07, 6.45) is 5.30. The van der Waals surface area contributed by atoms with Crippen LogP contribution in [0.25, 0.3) is 0 Å². The lowest BCUT2D eigenvalue weighted by Gasteiger charge is -2.27. The number of carbonyl (C=O) groups excluding carboxylic acids is 1. The van der Waals surface area contributed by atoms with Gasteiger partial charge >= 0.3 is 5.97 Å². The van der Waals surface area contributed by atoms with Crippen molar-refractivity contribution in [2.75, 3.05) is 6.54 Å². The van der Waals surface area contributed by atoms with Crippen molar-refractivity contribution in [3.8, 4) is 0 Å². The first-order valence-corrected chi connectivity index (χ1v) is 6.53. The van der Waals surface area contributed by atoms with Crippen molar-refractivity contribution in [3.05, 3.63) is 18.5 Å². The van der Waals surface area contributed by atoms with E-state index in [4.69, 9.17) is 5.11 Å². The zero-order chi connectivity index (χ0) is 14.0. The van der Waals surface area contributed by atoms with Crippen LogP contribution in [0.3, 0.4) is 0 Å². The van der Waals surface area contributed by atoms with Crippen molar-refractivity contribution < 1.29 is 14.7 Å². The first-order valence-electron chi connectivity index (χ1n) is 6.53. The molecule has 1 fully saturated rings. The molecule has 1 amide bonds. The van der Waals surface area contributed by atoms with Gasteiger partial charge in [-0.15, -0.1) is 0 Å². The van der Waals surface area contributed by atoms with Gasteiger partial charge in [-0.3, -0.25) is 14.3 Å². The molecule has 6 heteroatoms. The van der Waals surface area contributed by atoms with E-state index in [0.29, 0.717) is 0 Å². The van der Waals surface area contributed by atoms with Crippen LogP contribution >= 0.6 is 0 Å². The number of aromatic nitrogens is 2. The Morgan fingerprint density at radius 3 is 2.63 bits per heavy atom. The van der Waals surface area contributed by atoms with E-state index in [1.54, 1.807) is 41.9 Å². The maximum Gasteiger partial charge on any atom is 0.308 e. The van der Waals surface area contributed by atoms with Crippen LogP contribution in [0.5, 0.6) is 0 Å². The van der Waals surface area contributed by atoms with Crippen LogP contribution in [-0.4, -0.2) is 44.3 Å². The summed E-state index contributed by atoms with van der Waals surface area (Å²) in [7, 11) is 0. The lowest BCUT2D eigenvalue weighted by molar-refractivity contribution is -0.144. The van der Waals surface area contributed by atoms with Gasteiger partial charge in [-0.2, -0.15) is 5.10 Å². The molecule has 0 aliphatic heterocycles. The molecule has 0 radical (unpaired) electrons. The smallest absolute Gasteiger partial charge is 0.308 e. The molecule has 1 aromatic heterocycles. The standard InChI is InChI=1S/C13H19N3O3/c1-9(13(18)19)8-15(11-4-5-11)12(17)10(2)16-7-3-6-14-16/h3,6-7,9-11H,4-5,8H2,1-2H3,(H,18,19). The number of carbonyl (C=O) groups is 2. The Morgan fingerprint density at radius 1 is 1.47 bits per heavy atom. The second-order valence-electron chi connectivity index (χ2n) is 5.12. The van der Waals surface area contributed by atoms with Crippen LogP contribution in [0.4, 0.5) is 0 Å². The third-order valence-electron chi connectivity index (χ3n) is 3.44. The van der Waals surface area contributed by atoms with Gasteiger partial charge in [-0.1, -0.05) is 6.92 Å². The zero-order valence-corrected chi connectivity index (χ0v) is 11.2. The van der Waals surface area contributed by atoms with Crippen LogP contribution in [-0.2, 0) is 9.59 Å². The summed E-state index contributed by atoms with van der Waals surface area (Å²) in [5.74, 6) is -1.47. The molecular formula is C13H19N3O3. The molecule has 1 heterocycles. The number of hydrogen-bond acceptors (Lipinski definition) is 3. The summed E-state index contributed by atoms with van der Waals surface area (Å²) in [5.41, 5.74) is 0. The Bertz CT molecular complexity index is 454. The fourth-order valence-corrected chi connectivity index (χ4v) is 2.04. The SMILES string of the molecule is CC(CN(C(=O)C(C)n1cccn1)C1CC1)C(=O)O. The predicted octanol–water partition coefficient (Wildman–Crippen LogP) is 1.16. The second-order valence-corrected chi connectivity index (χ2v) is 5.12. The fraction of sp³-hybridized carbons (Fsp3) is 0.615. The number of rotatable bonds is 6. The highest BCUT2D eigenvalue weighted by molar-refractivity contribution is 5.81. The van der Waals surface area contributed by atoms with E-state index in [1.807, 2.05) is 0 Å². The maximum absolute atomic E-state index is 12.5. The topological polar surface area (TPSA) is 75.4 Å². The summed E-state index contributed by atoms with van der Waals surface area (Å²) in [5, 5.41) is 13.0. The quantitative estimate of drug-likeness (QED) is 0.837. The monoisotopic (exact) mass is 265 g/mol. The molecule has 1 aliphatic rings. The van der Waals surface area contributed by atoms with Gasteiger partial charge in [0.05, 0.1) is 5.92 Å². The molecule has 6 nitrogen and oxygen atoms in total. The molecule has 104 valence electrons. The van der Waals surface area contributed by atoms with Crippen molar-refractivity contribution in [1.82, 2.24) is 14.7 Å². The molecule has 0 spiro atoms. The van der Waals surface area contributed by atoms with Crippen molar-refractivity contribution in [2.45, 2.75) is 38.8 Å². The highest BCUT2D eigenvalue weighted by Crippen LogP contribution is 2.29. The Balaban J connectivity index is 2.06. The van der Waals surface area contributed by atoms with Gasteiger partial charge in [-0.25, -0.2) is 0 Å². The molecule has 2 rings (SSSR count). The van der Waals surface area contributed by atoms with E-state index < -0.39 is 17.9 Å². The molecule has 1 N–H and O–H groups in total. The van der Waals surface area contributed by atoms with Crippen LogP contribution in [0.1, 0.15) is 32.7 Å². The Hall–Kier alpha value is -1.85. The molecule has 1 saturated carbocycles. The van der Waals surface area contributed by atoms with Gasteiger partial charge in [-0.05, 0) is 25.8 Å². The third kappa shape index (κ3) is 3.13. The molecule has 0 aromatic carbocycles. The number of nitrogens with zero attached hydrogens (tertiary/aromatic N) is 3. The Labute approximate surface area is 112 Å². The number of aliphatic carboxylic acids is 1. The van der Waals surface area contributed by atoms with Crippen LogP contribution in [0.15, 0.2) is 18.5 Å². The molecule has 1 aliphatic carbocycles. The van der Waals surface area contributed by atoms with Gasteiger partial charge in [0.25, 0.3) is 0 Å². The minimum absolute atomic E-state index is 0.0562. The molecular weight excluding hydrogens is 246 g/mol. The molecule has 19 heavy (non-hydrogen) atoms. The van der Waals surface area contributed by atoms with Gasteiger partial charge < -0.3 is 10.0 Å². The first-order chi connectivity index (χ1) is 9.00. The number of carboxylic acid groups (broad SMARTS) is 1. The van der Waals surface area contributed by atoms with Crippen molar-refractivity contribution in [2.24, 2.45) is 5.92 Å². The summed E-state index contributed by atoms with van der Waals surface area (Å²) in [4.78, 5) is 25.1. The number of hydrogen-bond donors (Lipinski definition) is 1. The fourth-order valence-electron chi connectivity index (χ4n) is 2.04. The van der Waals surface area contributed by atoms with E-state index in [-0.39, 0.29) is 18.5 Å². The molecule has 2 unspecified atom stereocenters. The number of carboxylic acids is 1. The maximum atomic E-state index is 12.5. The van der Waals surface area contributed by atoms with Gasteiger partial charge in [0.2, 0.25) is 5.91 Å². The first kappa shape index (κ1) is 13.6. The lowest BCUT2D eigenvalue weighted by Crippen LogP contribution is -2.42. The Morgan fingerprint density at radius 2 is 2.16 bits per heavy atom. The zero-order valence-electron chi connectivity index (χ0n) is 11.2. The van der Waals surface area contributed by atoms with E-state index in [2.05, 4.69) is 5.10 Å². The van der Waals surface area contributed by atoms with Gasteiger partial charge in [0.15, 0.2) is 0 Å². The van der Waals surface area contributed by atoms with Crippen LogP contribution in [0, 0.1) is 5.92 Å². The van der Waals surface area contributed by atoms with Crippen molar-refractivity contribution in [3.63, 3.8) is 0 Å². The van der Waals surface area contributed by atoms with Crippen molar-refractivity contribution in [1.29, 1.82) is 0 Å². The second kappa shape index (κ2) is 5.42. The average molecular weight is 265 g/mol. The minimum atomic E-state index is -0.870.